The van der Waals surface area contributed by atoms with Crippen molar-refractivity contribution >= 4 is 0 Å². The minimum atomic E-state index is -2.85. The molecule has 3 N–H and O–H groups in total. The van der Waals surface area contributed by atoms with Gasteiger partial charge in [0.05, 0.1) is 17.4 Å². The molecular formula is C13H13F2N3O. The number of aromatic nitrogens is 2. The lowest BCUT2D eigenvalue weighted by Crippen LogP contribution is -2.20. The number of alkyl halides is 2. The number of para-hydroxylation sites is 1. The molecule has 19 heavy (non-hydrogen) atoms. The zero-order valence-corrected chi connectivity index (χ0v) is 10.1. The Bertz CT molecular complexity index is 593. The largest absolute Gasteiger partial charge is 0.434 e. The number of hydrogen-bond acceptors (Lipinski definition) is 3. The molecule has 0 saturated heterocycles. The first kappa shape index (κ1) is 12.1. The second kappa shape index (κ2) is 4.31. The summed E-state index contributed by atoms with van der Waals surface area (Å²) in [5, 5.41) is 0. The average molecular weight is 265 g/mol. The highest BCUT2D eigenvalue weighted by Crippen LogP contribution is 2.42. The number of nitrogens with one attached hydrogen (secondary N) is 1. The molecule has 0 unspecified atom stereocenters. The molecule has 100 valence electrons. The second-order valence-electron chi connectivity index (χ2n) is 4.68. The summed E-state index contributed by atoms with van der Waals surface area (Å²) >= 11 is 0. The molecule has 1 aliphatic rings. The van der Waals surface area contributed by atoms with Crippen LogP contribution in [0.2, 0.25) is 0 Å². The van der Waals surface area contributed by atoms with Gasteiger partial charge in [-0.2, -0.15) is 8.78 Å². The number of H-pyrrole nitrogens is 1. The van der Waals surface area contributed by atoms with Gasteiger partial charge in [0.15, 0.2) is 0 Å². The number of aromatic amines is 1. The van der Waals surface area contributed by atoms with Crippen LogP contribution in [0.5, 0.6) is 5.75 Å². The van der Waals surface area contributed by atoms with Crippen molar-refractivity contribution in [3.63, 3.8) is 0 Å². The molecule has 3 rings (SSSR count). The summed E-state index contributed by atoms with van der Waals surface area (Å²) < 4.78 is 29.2. The number of benzene rings is 1. The molecule has 1 saturated carbocycles. The summed E-state index contributed by atoms with van der Waals surface area (Å²) in [6, 6.07) is 6.59. The maximum atomic E-state index is 12.4. The summed E-state index contributed by atoms with van der Waals surface area (Å²) in [5.41, 5.74) is 6.83. The van der Waals surface area contributed by atoms with Crippen LogP contribution in [-0.4, -0.2) is 16.6 Å². The molecule has 0 atom stereocenters. The Labute approximate surface area is 108 Å². The van der Waals surface area contributed by atoms with Gasteiger partial charge in [-0.1, -0.05) is 12.1 Å². The molecule has 0 bridgehead atoms. The van der Waals surface area contributed by atoms with Crippen molar-refractivity contribution in [2.24, 2.45) is 5.73 Å². The third-order valence-electron chi connectivity index (χ3n) is 3.23. The number of imidazole rings is 1. The van der Waals surface area contributed by atoms with E-state index in [0.29, 0.717) is 17.1 Å². The van der Waals surface area contributed by atoms with Gasteiger partial charge in [-0.05, 0) is 25.0 Å². The van der Waals surface area contributed by atoms with Crippen molar-refractivity contribution < 1.29 is 13.5 Å². The van der Waals surface area contributed by atoms with E-state index in [1.165, 1.54) is 6.07 Å². The second-order valence-corrected chi connectivity index (χ2v) is 4.68. The van der Waals surface area contributed by atoms with Crippen LogP contribution >= 0.6 is 0 Å². The molecule has 0 radical (unpaired) electrons. The molecule has 6 heteroatoms. The Morgan fingerprint density at radius 1 is 1.32 bits per heavy atom. The first-order valence-corrected chi connectivity index (χ1v) is 5.97. The van der Waals surface area contributed by atoms with Gasteiger partial charge in [0.2, 0.25) is 0 Å². The van der Waals surface area contributed by atoms with Crippen molar-refractivity contribution in [1.29, 1.82) is 0 Å². The molecule has 1 aliphatic carbocycles. The molecule has 0 aliphatic heterocycles. The van der Waals surface area contributed by atoms with E-state index in [1.54, 1.807) is 24.4 Å². The van der Waals surface area contributed by atoms with Gasteiger partial charge in [-0.3, -0.25) is 0 Å². The number of halogens is 2. The fourth-order valence-corrected chi connectivity index (χ4v) is 1.97. The lowest BCUT2D eigenvalue weighted by molar-refractivity contribution is -0.0494. The van der Waals surface area contributed by atoms with E-state index in [1.807, 2.05) is 0 Å². The summed E-state index contributed by atoms with van der Waals surface area (Å²) in [6.45, 7) is -2.85. The first-order valence-electron chi connectivity index (χ1n) is 5.97. The molecule has 1 aromatic carbocycles. The highest BCUT2D eigenvalue weighted by atomic mass is 19.3. The molecule has 0 amide bonds. The molecule has 2 aromatic rings. The summed E-state index contributed by atoms with van der Waals surface area (Å²) in [6.07, 6.45) is 3.36. The van der Waals surface area contributed by atoms with E-state index in [2.05, 4.69) is 14.7 Å². The van der Waals surface area contributed by atoms with Crippen LogP contribution in [0, 0.1) is 0 Å². The predicted octanol–water partition coefficient (Wildman–Crippen LogP) is 2.63. The highest BCUT2D eigenvalue weighted by molar-refractivity contribution is 5.66. The van der Waals surface area contributed by atoms with E-state index in [0.717, 1.165) is 12.8 Å². The van der Waals surface area contributed by atoms with Gasteiger partial charge in [0, 0.05) is 5.56 Å². The maximum Gasteiger partial charge on any atom is 0.387 e. The van der Waals surface area contributed by atoms with Gasteiger partial charge in [0.25, 0.3) is 0 Å². The zero-order chi connectivity index (χ0) is 13.5. The van der Waals surface area contributed by atoms with Gasteiger partial charge in [-0.15, -0.1) is 0 Å². The molecule has 1 heterocycles. The van der Waals surface area contributed by atoms with Crippen LogP contribution in [0.15, 0.2) is 30.5 Å². The molecular weight excluding hydrogens is 252 g/mol. The van der Waals surface area contributed by atoms with Crippen molar-refractivity contribution in [3.05, 3.63) is 36.3 Å². The molecule has 0 spiro atoms. The fourth-order valence-electron chi connectivity index (χ4n) is 1.97. The quantitative estimate of drug-likeness (QED) is 0.893. The standard InChI is InChI=1S/C13H13F2N3O/c14-12(15)19-10-4-2-1-3-8(10)9-7-17-11(18-9)13(16)5-6-13/h1-4,7,12H,5-6,16H2,(H,17,18). The van der Waals surface area contributed by atoms with Crippen molar-refractivity contribution in [1.82, 2.24) is 9.97 Å². The maximum absolute atomic E-state index is 12.4. The van der Waals surface area contributed by atoms with Crippen molar-refractivity contribution in [3.8, 4) is 17.0 Å². The van der Waals surface area contributed by atoms with Crippen molar-refractivity contribution in [2.45, 2.75) is 25.0 Å². The minimum Gasteiger partial charge on any atom is -0.434 e. The molecule has 1 fully saturated rings. The van der Waals surface area contributed by atoms with Crippen molar-refractivity contribution in [2.75, 3.05) is 0 Å². The number of nitrogens with two attached hydrogens (primary N) is 1. The summed E-state index contributed by atoms with van der Waals surface area (Å²) in [4.78, 5) is 7.31. The van der Waals surface area contributed by atoms with E-state index >= 15 is 0 Å². The molecule has 4 nitrogen and oxygen atoms in total. The Balaban J connectivity index is 1.95. The summed E-state index contributed by atoms with van der Waals surface area (Å²) in [7, 11) is 0. The first-order chi connectivity index (χ1) is 9.08. The Morgan fingerprint density at radius 3 is 2.74 bits per heavy atom. The minimum absolute atomic E-state index is 0.120. The van der Waals surface area contributed by atoms with Gasteiger partial charge >= 0.3 is 6.61 Å². The van der Waals surface area contributed by atoms with Crippen LogP contribution in [0.1, 0.15) is 18.7 Å². The number of rotatable bonds is 4. The number of nitrogens with zero attached hydrogens (tertiary/aromatic N) is 1. The average Bonchev–Trinajstić information content (AvgIpc) is 2.93. The number of hydrogen-bond donors (Lipinski definition) is 2. The van der Waals surface area contributed by atoms with Crippen LogP contribution in [0.25, 0.3) is 11.3 Å². The zero-order valence-electron chi connectivity index (χ0n) is 10.1. The molecule has 1 aromatic heterocycles. The predicted molar refractivity (Wildman–Crippen MR) is 65.8 cm³/mol. The van der Waals surface area contributed by atoms with Crippen LogP contribution in [0.3, 0.4) is 0 Å². The van der Waals surface area contributed by atoms with E-state index < -0.39 is 6.61 Å². The SMILES string of the molecule is NC1(c2ncc(-c3ccccc3OC(F)F)[nH]2)CC1. The smallest absolute Gasteiger partial charge is 0.387 e. The Morgan fingerprint density at radius 2 is 2.05 bits per heavy atom. The third kappa shape index (κ3) is 2.31. The van der Waals surface area contributed by atoms with E-state index in [-0.39, 0.29) is 11.3 Å². The number of ether oxygens (including phenoxy) is 1. The topological polar surface area (TPSA) is 63.9 Å². The highest BCUT2D eigenvalue weighted by Gasteiger charge is 2.42. The van der Waals surface area contributed by atoms with E-state index in [4.69, 9.17) is 5.73 Å². The van der Waals surface area contributed by atoms with Crippen LogP contribution < -0.4 is 10.5 Å². The summed E-state index contributed by atoms with van der Waals surface area (Å²) in [5.74, 6) is 0.809. The van der Waals surface area contributed by atoms with Crippen LogP contribution in [-0.2, 0) is 5.54 Å². The van der Waals surface area contributed by atoms with E-state index in [9.17, 15) is 8.78 Å². The van der Waals surface area contributed by atoms with Gasteiger partial charge < -0.3 is 15.5 Å². The Kier molecular flexibility index (Phi) is 2.74. The third-order valence-corrected chi connectivity index (χ3v) is 3.23. The van der Waals surface area contributed by atoms with Gasteiger partial charge in [-0.25, -0.2) is 4.98 Å². The fraction of sp³-hybridized carbons (Fsp3) is 0.308. The normalized spacial score (nSPS) is 16.6. The lowest BCUT2D eigenvalue weighted by Gasteiger charge is -2.09. The lowest BCUT2D eigenvalue weighted by atomic mass is 10.1. The monoisotopic (exact) mass is 265 g/mol. The Hall–Kier alpha value is -1.95. The van der Waals surface area contributed by atoms with Gasteiger partial charge in [0.1, 0.15) is 11.6 Å². The van der Waals surface area contributed by atoms with Crippen LogP contribution in [0.4, 0.5) is 8.78 Å².